The number of ether oxygens (including phenoxy) is 2. The first-order chi connectivity index (χ1) is 7.34. The second kappa shape index (κ2) is 3.63. The molecule has 3 heterocycles. The van der Waals surface area contributed by atoms with Crippen LogP contribution in [-0.2, 0) is 14.3 Å². The van der Waals surface area contributed by atoms with E-state index in [1.54, 1.807) is 0 Å². The number of carbonyl (C=O) groups is 1. The number of carbonyl (C=O) groups excluding carboxylic acids is 1. The molecule has 3 nitrogen and oxygen atoms in total. The molecule has 3 rings (SSSR count). The van der Waals surface area contributed by atoms with Crippen LogP contribution in [0, 0.1) is 5.92 Å². The Morgan fingerprint density at radius 3 is 2.93 bits per heavy atom. The quantitative estimate of drug-likeness (QED) is 0.694. The first-order valence-corrected chi connectivity index (χ1v) is 5.87. The van der Waals surface area contributed by atoms with Gasteiger partial charge in [-0.2, -0.15) is 0 Å². The van der Waals surface area contributed by atoms with Crippen LogP contribution in [-0.4, -0.2) is 24.6 Å². The van der Waals surface area contributed by atoms with E-state index >= 15 is 0 Å². The van der Waals surface area contributed by atoms with Gasteiger partial charge in [0.2, 0.25) is 5.78 Å². The van der Waals surface area contributed by atoms with Crippen LogP contribution in [0.5, 0.6) is 0 Å². The molecule has 15 heavy (non-hydrogen) atoms. The number of hydrogen-bond donors (Lipinski definition) is 0. The van der Waals surface area contributed by atoms with Crippen molar-refractivity contribution in [3.63, 3.8) is 0 Å². The normalized spacial score (nSPS) is 38.7. The zero-order chi connectivity index (χ0) is 10.3. The molecule has 0 aromatic rings. The monoisotopic (exact) mass is 208 g/mol. The van der Waals surface area contributed by atoms with Gasteiger partial charge in [-0.25, -0.2) is 0 Å². The topological polar surface area (TPSA) is 35.5 Å². The van der Waals surface area contributed by atoms with Crippen LogP contribution in [0.25, 0.3) is 0 Å². The van der Waals surface area contributed by atoms with Gasteiger partial charge in [0.25, 0.3) is 0 Å². The standard InChI is InChI=1S/C12H16O3/c13-12(11-3-1-2-6-14-11)9-7-8-4-5-10(9)15-8/h3,8-10H,1-2,4-7H2. The van der Waals surface area contributed by atoms with E-state index in [9.17, 15) is 4.79 Å². The molecule has 0 spiro atoms. The van der Waals surface area contributed by atoms with E-state index in [0.717, 1.165) is 32.1 Å². The number of Topliss-reactive ketones (excluding diaryl/α,β-unsaturated/α-hetero) is 1. The van der Waals surface area contributed by atoms with E-state index in [-0.39, 0.29) is 17.8 Å². The van der Waals surface area contributed by atoms with Crippen LogP contribution in [0.3, 0.4) is 0 Å². The van der Waals surface area contributed by atoms with Gasteiger partial charge in [0.1, 0.15) is 0 Å². The molecule has 3 aliphatic rings. The molecule has 0 N–H and O–H groups in total. The van der Waals surface area contributed by atoms with Crippen molar-refractivity contribution in [3.05, 3.63) is 11.8 Å². The molecule has 3 unspecified atom stereocenters. The number of rotatable bonds is 2. The highest BCUT2D eigenvalue weighted by atomic mass is 16.5. The highest BCUT2D eigenvalue weighted by Gasteiger charge is 2.45. The molecular formula is C12H16O3. The first-order valence-electron chi connectivity index (χ1n) is 5.87. The van der Waals surface area contributed by atoms with Crippen molar-refractivity contribution in [2.45, 2.75) is 44.3 Å². The second-order valence-corrected chi connectivity index (χ2v) is 4.64. The van der Waals surface area contributed by atoms with Crippen LogP contribution in [0.2, 0.25) is 0 Å². The maximum atomic E-state index is 12.1. The van der Waals surface area contributed by atoms with Crippen LogP contribution < -0.4 is 0 Å². The molecular weight excluding hydrogens is 192 g/mol. The highest BCUT2D eigenvalue weighted by Crippen LogP contribution is 2.40. The maximum absolute atomic E-state index is 12.1. The van der Waals surface area contributed by atoms with E-state index in [0.29, 0.717) is 18.5 Å². The second-order valence-electron chi connectivity index (χ2n) is 4.64. The summed E-state index contributed by atoms with van der Waals surface area (Å²) in [4.78, 5) is 12.1. The van der Waals surface area contributed by atoms with Gasteiger partial charge in [0.05, 0.1) is 24.7 Å². The summed E-state index contributed by atoms with van der Waals surface area (Å²) in [6.45, 7) is 0.694. The van der Waals surface area contributed by atoms with Gasteiger partial charge in [0.15, 0.2) is 5.76 Å². The lowest BCUT2D eigenvalue weighted by molar-refractivity contribution is -0.124. The van der Waals surface area contributed by atoms with Crippen LogP contribution in [0.1, 0.15) is 32.1 Å². The van der Waals surface area contributed by atoms with Gasteiger partial charge in [-0.05, 0) is 38.2 Å². The third kappa shape index (κ3) is 1.59. The Kier molecular flexibility index (Phi) is 2.28. The maximum Gasteiger partial charge on any atom is 0.202 e. The van der Waals surface area contributed by atoms with Crippen molar-refractivity contribution in [2.24, 2.45) is 5.92 Å². The zero-order valence-corrected chi connectivity index (χ0v) is 8.78. The van der Waals surface area contributed by atoms with E-state index in [2.05, 4.69) is 0 Å². The van der Waals surface area contributed by atoms with Crippen molar-refractivity contribution >= 4 is 5.78 Å². The van der Waals surface area contributed by atoms with Gasteiger partial charge in [-0.3, -0.25) is 4.79 Å². The summed E-state index contributed by atoms with van der Waals surface area (Å²) in [6.07, 6.45) is 7.55. The summed E-state index contributed by atoms with van der Waals surface area (Å²) < 4.78 is 11.1. The van der Waals surface area contributed by atoms with Gasteiger partial charge in [-0.15, -0.1) is 0 Å². The molecule has 82 valence electrons. The molecule has 3 heteroatoms. The molecule has 2 fully saturated rings. The largest absolute Gasteiger partial charge is 0.490 e. The number of hydrogen-bond acceptors (Lipinski definition) is 3. The summed E-state index contributed by atoms with van der Waals surface area (Å²) in [7, 11) is 0. The number of fused-ring (bicyclic) bond motifs is 2. The smallest absolute Gasteiger partial charge is 0.202 e. The molecule has 3 aliphatic heterocycles. The summed E-state index contributed by atoms with van der Waals surface area (Å²) in [6, 6.07) is 0. The summed E-state index contributed by atoms with van der Waals surface area (Å²) >= 11 is 0. The molecule has 0 aliphatic carbocycles. The third-order valence-corrected chi connectivity index (χ3v) is 3.62. The number of allylic oxidation sites excluding steroid dienone is 2. The molecule has 0 saturated carbocycles. The van der Waals surface area contributed by atoms with Crippen LogP contribution in [0.15, 0.2) is 11.8 Å². The highest BCUT2D eigenvalue weighted by molar-refractivity contribution is 5.96. The van der Waals surface area contributed by atoms with Crippen molar-refractivity contribution in [1.82, 2.24) is 0 Å². The van der Waals surface area contributed by atoms with E-state index in [1.165, 1.54) is 0 Å². The average Bonchev–Trinajstić information content (AvgIpc) is 2.91. The molecule has 0 aromatic carbocycles. The molecule has 0 radical (unpaired) electrons. The Morgan fingerprint density at radius 2 is 2.33 bits per heavy atom. The Bertz CT molecular complexity index is 308. The lowest BCUT2D eigenvalue weighted by Crippen LogP contribution is -2.28. The minimum Gasteiger partial charge on any atom is -0.490 e. The van der Waals surface area contributed by atoms with E-state index in [4.69, 9.17) is 9.47 Å². The fourth-order valence-electron chi connectivity index (χ4n) is 2.83. The lowest BCUT2D eigenvalue weighted by atomic mass is 9.85. The Hall–Kier alpha value is -0.830. The summed E-state index contributed by atoms with van der Waals surface area (Å²) in [5.41, 5.74) is 0. The molecule has 2 saturated heterocycles. The van der Waals surface area contributed by atoms with Gasteiger partial charge >= 0.3 is 0 Å². The van der Waals surface area contributed by atoms with Crippen molar-refractivity contribution in [1.29, 1.82) is 0 Å². The predicted octanol–water partition coefficient (Wildman–Crippen LogP) is 1.82. The fourth-order valence-corrected chi connectivity index (χ4v) is 2.83. The molecule has 0 amide bonds. The minimum absolute atomic E-state index is 0.0769. The molecule has 0 aromatic heterocycles. The zero-order valence-electron chi connectivity index (χ0n) is 8.78. The third-order valence-electron chi connectivity index (χ3n) is 3.62. The van der Waals surface area contributed by atoms with Crippen molar-refractivity contribution in [2.75, 3.05) is 6.61 Å². The molecule has 2 bridgehead atoms. The van der Waals surface area contributed by atoms with Crippen LogP contribution in [0.4, 0.5) is 0 Å². The summed E-state index contributed by atoms with van der Waals surface area (Å²) in [5, 5.41) is 0. The fraction of sp³-hybridized carbons (Fsp3) is 0.750. The van der Waals surface area contributed by atoms with Gasteiger partial charge < -0.3 is 9.47 Å². The first kappa shape index (κ1) is 9.40. The Labute approximate surface area is 89.4 Å². The lowest BCUT2D eigenvalue weighted by Gasteiger charge is -2.20. The minimum atomic E-state index is 0.0769. The van der Waals surface area contributed by atoms with Crippen molar-refractivity contribution in [3.8, 4) is 0 Å². The Balaban J connectivity index is 1.72. The predicted molar refractivity (Wildman–Crippen MR) is 54.3 cm³/mol. The van der Waals surface area contributed by atoms with Crippen LogP contribution >= 0.6 is 0 Å². The van der Waals surface area contributed by atoms with Crippen molar-refractivity contribution < 1.29 is 14.3 Å². The Morgan fingerprint density at radius 1 is 1.40 bits per heavy atom. The van der Waals surface area contributed by atoms with E-state index < -0.39 is 0 Å². The SMILES string of the molecule is O=C(C1=CCCCO1)C1CC2CCC1O2. The number of ketones is 1. The van der Waals surface area contributed by atoms with Gasteiger partial charge in [-0.1, -0.05) is 0 Å². The molecule has 3 atom stereocenters. The van der Waals surface area contributed by atoms with Gasteiger partial charge in [0, 0.05) is 0 Å². The summed E-state index contributed by atoms with van der Waals surface area (Å²) in [5.74, 6) is 0.859. The van der Waals surface area contributed by atoms with E-state index in [1.807, 2.05) is 6.08 Å². The average molecular weight is 208 g/mol.